The average molecular weight is 370 g/mol. The Bertz CT molecular complexity index is 722. The molecule has 6 heteroatoms. The van der Waals surface area contributed by atoms with Crippen LogP contribution in [-0.2, 0) is 14.3 Å². The van der Waals surface area contributed by atoms with Gasteiger partial charge in [0, 0.05) is 25.6 Å². The van der Waals surface area contributed by atoms with Crippen molar-refractivity contribution >= 4 is 11.8 Å². The first kappa shape index (κ1) is 19.2. The molecule has 0 radical (unpaired) electrons. The molecular formula is C21H26N2O4. The van der Waals surface area contributed by atoms with Gasteiger partial charge in [0.1, 0.15) is 18.4 Å². The van der Waals surface area contributed by atoms with E-state index in [-0.39, 0.29) is 30.4 Å². The molecule has 0 aliphatic carbocycles. The van der Waals surface area contributed by atoms with Crippen LogP contribution in [0.4, 0.5) is 0 Å². The summed E-state index contributed by atoms with van der Waals surface area (Å²) >= 11 is 0. The van der Waals surface area contributed by atoms with Crippen molar-refractivity contribution in [3.8, 4) is 0 Å². The van der Waals surface area contributed by atoms with Gasteiger partial charge in [0.15, 0.2) is 0 Å². The van der Waals surface area contributed by atoms with Crippen LogP contribution in [0.1, 0.15) is 37.1 Å². The third-order valence-electron chi connectivity index (χ3n) is 4.90. The fourth-order valence-electron chi connectivity index (χ4n) is 3.35. The van der Waals surface area contributed by atoms with Crippen molar-refractivity contribution in [2.45, 2.75) is 25.8 Å². The smallest absolute Gasteiger partial charge is 0.248 e. The summed E-state index contributed by atoms with van der Waals surface area (Å²) in [5.41, 5.74) is 0.977. The quantitative estimate of drug-likeness (QED) is 0.813. The molecule has 2 amide bonds. The van der Waals surface area contributed by atoms with Gasteiger partial charge in [-0.15, -0.1) is 0 Å². The Hall–Kier alpha value is -2.60. The minimum atomic E-state index is -0.314. The van der Waals surface area contributed by atoms with E-state index in [1.165, 1.54) is 0 Å². The van der Waals surface area contributed by atoms with Crippen LogP contribution in [0, 0.1) is 5.92 Å². The number of carbonyl (C=O) groups excluding carboxylic acids is 2. The lowest BCUT2D eigenvalue weighted by molar-refractivity contribution is -0.139. The number of nitrogens with one attached hydrogen (secondary N) is 1. The molecule has 3 rings (SSSR count). The third kappa shape index (κ3) is 4.98. The molecule has 6 nitrogen and oxygen atoms in total. The van der Waals surface area contributed by atoms with E-state index in [4.69, 9.17) is 9.15 Å². The van der Waals surface area contributed by atoms with E-state index in [1.54, 1.807) is 11.2 Å². The maximum atomic E-state index is 12.8. The lowest BCUT2D eigenvalue weighted by Gasteiger charge is -2.32. The first-order valence-electron chi connectivity index (χ1n) is 9.43. The first-order valence-corrected chi connectivity index (χ1v) is 9.43. The summed E-state index contributed by atoms with van der Waals surface area (Å²) in [5, 5.41) is 3.12. The van der Waals surface area contributed by atoms with Crippen LogP contribution in [0.5, 0.6) is 0 Å². The molecule has 1 saturated heterocycles. The number of furan rings is 1. The van der Waals surface area contributed by atoms with Gasteiger partial charge < -0.3 is 19.4 Å². The minimum absolute atomic E-state index is 0.00263. The van der Waals surface area contributed by atoms with E-state index in [9.17, 15) is 9.59 Å². The second-order valence-corrected chi connectivity index (χ2v) is 6.66. The summed E-state index contributed by atoms with van der Waals surface area (Å²) in [5.74, 6) is 0.590. The SMILES string of the molecule is CCOCC(=O)N1CCC(C(=O)N[C@@H](c2ccccc2)c2ccco2)CC1. The van der Waals surface area contributed by atoms with Gasteiger partial charge >= 0.3 is 0 Å². The lowest BCUT2D eigenvalue weighted by atomic mass is 9.94. The van der Waals surface area contributed by atoms with E-state index < -0.39 is 0 Å². The van der Waals surface area contributed by atoms with Crippen LogP contribution in [0.2, 0.25) is 0 Å². The molecule has 1 aliphatic heterocycles. The molecule has 2 heterocycles. The summed E-state index contributed by atoms with van der Waals surface area (Å²) in [6, 6.07) is 13.2. The molecule has 1 aromatic heterocycles. The van der Waals surface area contributed by atoms with Gasteiger partial charge in [-0.1, -0.05) is 30.3 Å². The Morgan fingerprint density at radius 3 is 2.56 bits per heavy atom. The predicted octanol–water partition coefficient (Wildman–Crippen LogP) is 2.76. The van der Waals surface area contributed by atoms with Crippen LogP contribution in [-0.4, -0.2) is 43.0 Å². The van der Waals surface area contributed by atoms with Gasteiger partial charge in [-0.05, 0) is 37.5 Å². The molecule has 2 aromatic rings. The normalized spacial score (nSPS) is 16.1. The number of hydrogen-bond acceptors (Lipinski definition) is 4. The van der Waals surface area contributed by atoms with Crippen LogP contribution < -0.4 is 5.32 Å². The van der Waals surface area contributed by atoms with Crippen LogP contribution in [0.25, 0.3) is 0 Å². The average Bonchev–Trinajstić information content (AvgIpc) is 3.25. The number of ether oxygens (including phenoxy) is 1. The second kappa shape index (κ2) is 9.37. The largest absolute Gasteiger partial charge is 0.467 e. The van der Waals surface area contributed by atoms with Gasteiger partial charge in [0.2, 0.25) is 11.8 Å². The van der Waals surface area contributed by atoms with Crippen LogP contribution in [0.15, 0.2) is 53.1 Å². The highest BCUT2D eigenvalue weighted by Crippen LogP contribution is 2.25. The van der Waals surface area contributed by atoms with Crippen molar-refractivity contribution in [3.63, 3.8) is 0 Å². The summed E-state index contributed by atoms with van der Waals surface area (Å²) in [4.78, 5) is 26.7. The standard InChI is InChI=1S/C21H26N2O4/c1-2-26-15-19(24)23-12-10-17(11-13-23)21(25)22-20(18-9-6-14-27-18)16-7-4-3-5-8-16/h3-9,14,17,20H,2,10-13,15H2,1H3,(H,22,25)/t20-/m0/s1. The van der Waals surface area contributed by atoms with Crippen LogP contribution in [0.3, 0.4) is 0 Å². The molecular weight excluding hydrogens is 344 g/mol. The van der Waals surface area contributed by atoms with E-state index in [2.05, 4.69) is 5.32 Å². The Balaban J connectivity index is 1.60. The molecule has 144 valence electrons. The molecule has 1 atom stereocenters. The Kier molecular flexibility index (Phi) is 6.65. The fourth-order valence-corrected chi connectivity index (χ4v) is 3.35. The number of rotatable bonds is 7. The summed E-state index contributed by atoms with van der Waals surface area (Å²) in [6.45, 7) is 3.67. The molecule has 0 bridgehead atoms. The number of likely N-dealkylation sites (tertiary alicyclic amines) is 1. The Labute approximate surface area is 159 Å². The van der Waals surface area contributed by atoms with E-state index in [0.717, 1.165) is 5.56 Å². The zero-order chi connectivity index (χ0) is 19.1. The number of nitrogens with zero attached hydrogens (tertiary/aromatic N) is 1. The third-order valence-corrected chi connectivity index (χ3v) is 4.90. The highest BCUT2D eigenvalue weighted by atomic mass is 16.5. The molecule has 0 spiro atoms. The summed E-state index contributed by atoms with van der Waals surface area (Å²) in [6.07, 6.45) is 2.92. The fraction of sp³-hybridized carbons (Fsp3) is 0.429. The maximum absolute atomic E-state index is 12.8. The van der Waals surface area contributed by atoms with Crippen molar-refractivity contribution in [3.05, 3.63) is 60.1 Å². The topological polar surface area (TPSA) is 71.8 Å². The van der Waals surface area contributed by atoms with Crippen molar-refractivity contribution in [2.24, 2.45) is 5.92 Å². The second-order valence-electron chi connectivity index (χ2n) is 6.66. The van der Waals surface area contributed by atoms with Gasteiger partial charge in [-0.2, -0.15) is 0 Å². The lowest BCUT2D eigenvalue weighted by Crippen LogP contribution is -2.44. The zero-order valence-electron chi connectivity index (χ0n) is 15.6. The molecule has 1 aromatic carbocycles. The first-order chi connectivity index (χ1) is 13.2. The van der Waals surface area contributed by atoms with E-state index >= 15 is 0 Å². The molecule has 0 unspecified atom stereocenters. The number of carbonyl (C=O) groups is 2. The summed E-state index contributed by atoms with van der Waals surface area (Å²) in [7, 11) is 0. The highest BCUT2D eigenvalue weighted by molar-refractivity contribution is 5.81. The van der Waals surface area contributed by atoms with Gasteiger partial charge in [-0.3, -0.25) is 9.59 Å². The van der Waals surface area contributed by atoms with E-state index in [1.807, 2.05) is 49.4 Å². The van der Waals surface area contributed by atoms with E-state index in [0.29, 0.717) is 38.3 Å². The van der Waals surface area contributed by atoms with Gasteiger partial charge in [0.05, 0.1) is 6.26 Å². The van der Waals surface area contributed by atoms with Crippen molar-refractivity contribution in [1.82, 2.24) is 10.2 Å². The Morgan fingerprint density at radius 1 is 1.19 bits per heavy atom. The highest BCUT2D eigenvalue weighted by Gasteiger charge is 2.29. The number of benzene rings is 1. The number of piperidine rings is 1. The molecule has 1 aliphatic rings. The number of hydrogen-bond donors (Lipinski definition) is 1. The molecule has 0 saturated carbocycles. The minimum Gasteiger partial charge on any atom is -0.467 e. The molecule has 27 heavy (non-hydrogen) atoms. The number of amides is 2. The molecule has 1 fully saturated rings. The summed E-state index contributed by atoms with van der Waals surface area (Å²) < 4.78 is 10.7. The van der Waals surface area contributed by atoms with Crippen molar-refractivity contribution in [1.29, 1.82) is 0 Å². The zero-order valence-corrected chi connectivity index (χ0v) is 15.6. The Morgan fingerprint density at radius 2 is 1.93 bits per heavy atom. The van der Waals surface area contributed by atoms with Gasteiger partial charge in [0.25, 0.3) is 0 Å². The monoisotopic (exact) mass is 370 g/mol. The van der Waals surface area contributed by atoms with Crippen LogP contribution >= 0.6 is 0 Å². The molecule has 1 N–H and O–H groups in total. The van der Waals surface area contributed by atoms with Gasteiger partial charge in [-0.25, -0.2) is 0 Å². The van der Waals surface area contributed by atoms with Crippen molar-refractivity contribution < 1.29 is 18.7 Å². The van der Waals surface area contributed by atoms with Crippen molar-refractivity contribution in [2.75, 3.05) is 26.3 Å². The predicted molar refractivity (Wildman–Crippen MR) is 101 cm³/mol. The maximum Gasteiger partial charge on any atom is 0.248 e.